The second-order valence-corrected chi connectivity index (χ2v) is 4.03. The number of ether oxygens (including phenoxy) is 1. The number of rotatable bonds is 2. The molecule has 1 atom stereocenters. The molecule has 19 heavy (non-hydrogen) atoms. The van der Waals surface area contributed by atoms with Crippen molar-refractivity contribution in [3.63, 3.8) is 0 Å². The first-order valence-corrected chi connectivity index (χ1v) is 6.00. The summed E-state index contributed by atoms with van der Waals surface area (Å²) in [6.07, 6.45) is 0.822. The van der Waals surface area contributed by atoms with Crippen LogP contribution >= 0.6 is 0 Å². The van der Waals surface area contributed by atoms with Gasteiger partial charge in [0.05, 0.1) is 12.6 Å². The van der Waals surface area contributed by atoms with Crippen LogP contribution in [0.5, 0.6) is 0 Å². The van der Waals surface area contributed by atoms with E-state index >= 15 is 0 Å². The van der Waals surface area contributed by atoms with Crippen LogP contribution in [0.15, 0.2) is 18.2 Å². The van der Waals surface area contributed by atoms with Gasteiger partial charge in [0.2, 0.25) is 0 Å². The Morgan fingerprint density at radius 3 is 3.21 bits per heavy atom. The Bertz CT molecular complexity index is 501. The number of aromatic nitrogens is 1. The minimum absolute atomic E-state index is 0.0531. The van der Waals surface area contributed by atoms with E-state index in [1.54, 1.807) is 18.2 Å². The van der Waals surface area contributed by atoms with Crippen molar-refractivity contribution in [1.29, 1.82) is 0 Å². The van der Waals surface area contributed by atoms with Crippen molar-refractivity contribution in [2.24, 2.45) is 0 Å². The molecule has 1 saturated heterocycles. The van der Waals surface area contributed by atoms with Gasteiger partial charge in [-0.25, -0.2) is 9.78 Å². The van der Waals surface area contributed by atoms with Gasteiger partial charge in [0, 0.05) is 6.61 Å². The van der Waals surface area contributed by atoms with Gasteiger partial charge in [-0.2, -0.15) is 0 Å². The zero-order valence-corrected chi connectivity index (χ0v) is 10.3. The summed E-state index contributed by atoms with van der Waals surface area (Å²) in [5, 5.41) is 14.0. The van der Waals surface area contributed by atoms with Gasteiger partial charge in [0.15, 0.2) is 0 Å². The molecule has 2 rings (SSSR count). The smallest absolute Gasteiger partial charge is 0.320 e. The number of anilines is 1. The summed E-state index contributed by atoms with van der Waals surface area (Å²) in [6.45, 7) is 1.000. The monoisotopic (exact) mass is 261 g/mol. The number of nitrogens with zero attached hydrogens (tertiary/aromatic N) is 1. The number of aliphatic hydroxyl groups is 1. The predicted octanol–water partition coefficient (Wildman–Crippen LogP) is 0.336. The predicted molar refractivity (Wildman–Crippen MR) is 69.6 cm³/mol. The lowest BCUT2D eigenvalue weighted by atomic mass is 10.3. The molecule has 100 valence electrons. The third kappa shape index (κ3) is 4.25. The minimum atomic E-state index is -0.310. The van der Waals surface area contributed by atoms with Gasteiger partial charge < -0.3 is 15.2 Å². The first kappa shape index (κ1) is 13.3. The molecular weight excluding hydrogens is 246 g/mol. The van der Waals surface area contributed by atoms with E-state index < -0.39 is 0 Å². The summed E-state index contributed by atoms with van der Waals surface area (Å²) in [6, 6.07) is 4.86. The quantitative estimate of drug-likeness (QED) is 0.670. The van der Waals surface area contributed by atoms with Crippen LogP contribution < -0.4 is 10.6 Å². The molecular formula is C13H15N3O3. The highest BCUT2D eigenvalue weighted by Gasteiger charge is 2.17. The van der Waals surface area contributed by atoms with Crippen molar-refractivity contribution >= 4 is 11.8 Å². The van der Waals surface area contributed by atoms with Crippen molar-refractivity contribution < 1.29 is 14.6 Å². The molecule has 3 N–H and O–H groups in total. The highest BCUT2D eigenvalue weighted by atomic mass is 16.5. The van der Waals surface area contributed by atoms with Gasteiger partial charge in [-0.3, -0.25) is 5.32 Å². The van der Waals surface area contributed by atoms with Crippen LogP contribution in [0.2, 0.25) is 0 Å². The third-order valence-corrected chi connectivity index (χ3v) is 2.55. The molecule has 2 amide bonds. The van der Waals surface area contributed by atoms with E-state index in [4.69, 9.17) is 9.84 Å². The molecule has 0 aromatic carbocycles. The minimum Gasteiger partial charge on any atom is -0.384 e. The van der Waals surface area contributed by atoms with E-state index in [-0.39, 0.29) is 18.7 Å². The van der Waals surface area contributed by atoms with Crippen molar-refractivity contribution in [2.45, 2.75) is 12.5 Å². The SMILES string of the molecule is O=C(Nc1cccc(C#CCO)n1)NC1CCOC1. The third-order valence-electron chi connectivity index (χ3n) is 2.55. The van der Waals surface area contributed by atoms with Gasteiger partial charge in [0.1, 0.15) is 18.1 Å². The number of pyridine rings is 1. The number of urea groups is 1. The van der Waals surface area contributed by atoms with Crippen LogP contribution in [-0.2, 0) is 4.74 Å². The van der Waals surface area contributed by atoms with Crippen LogP contribution in [0, 0.1) is 11.8 Å². The van der Waals surface area contributed by atoms with Gasteiger partial charge in [-0.05, 0) is 24.5 Å². The summed E-state index contributed by atoms with van der Waals surface area (Å²) in [7, 11) is 0. The fourth-order valence-electron chi connectivity index (χ4n) is 1.69. The lowest BCUT2D eigenvalue weighted by molar-refractivity contribution is 0.189. The first-order chi connectivity index (χ1) is 9.28. The second kappa shape index (κ2) is 6.73. The Kier molecular flexibility index (Phi) is 4.72. The number of aliphatic hydroxyl groups excluding tert-OH is 1. The van der Waals surface area contributed by atoms with Crippen LogP contribution in [0.4, 0.5) is 10.6 Å². The molecule has 0 bridgehead atoms. The molecule has 1 aliphatic rings. The van der Waals surface area contributed by atoms with E-state index in [9.17, 15) is 4.79 Å². The summed E-state index contributed by atoms with van der Waals surface area (Å²) in [4.78, 5) is 15.8. The molecule has 1 aromatic rings. The highest BCUT2D eigenvalue weighted by molar-refractivity contribution is 5.88. The number of carbonyl (C=O) groups excluding carboxylic acids is 1. The average Bonchev–Trinajstić information content (AvgIpc) is 2.89. The van der Waals surface area contributed by atoms with Crippen LogP contribution in [0.3, 0.4) is 0 Å². The van der Waals surface area contributed by atoms with Crippen LogP contribution in [0.1, 0.15) is 12.1 Å². The average molecular weight is 261 g/mol. The number of hydrogen-bond acceptors (Lipinski definition) is 4. The standard InChI is InChI=1S/C13H15N3O3/c17-7-2-4-10-3-1-5-12(14-10)16-13(18)15-11-6-8-19-9-11/h1,3,5,11,17H,6-9H2,(H2,14,15,16,18). The molecule has 1 aliphatic heterocycles. The molecule has 0 spiro atoms. The number of hydrogen-bond donors (Lipinski definition) is 3. The molecule has 0 aliphatic carbocycles. The van der Waals surface area contributed by atoms with E-state index in [1.807, 2.05) is 0 Å². The maximum absolute atomic E-state index is 11.7. The van der Waals surface area contributed by atoms with Crippen molar-refractivity contribution in [2.75, 3.05) is 25.1 Å². The summed E-state index contributed by atoms with van der Waals surface area (Å²) >= 11 is 0. The Morgan fingerprint density at radius 1 is 1.58 bits per heavy atom. The molecule has 0 saturated carbocycles. The Labute approximate surface area is 111 Å². The lowest BCUT2D eigenvalue weighted by Gasteiger charge is -2.11. The molecule has 1 aromatic heterocycles. The van der Waals surface area contributed by atoms with E-state index in [1.165, 1.54) is 0 Å². The topological polar surface area (TPSA) is 83.5 Å². The van der Waals surface area contributed by atoms with Crippen LogP contribution in [-0.4, -0.2) is 42.0 Å². The Balaban J connectivity index is 1.92. The van der Waals surface area contributed by atoms with Crippen molar-refractivity contribution in [1.82, 2.24) is 10.3 Å². The number of carbonyl (C=O) groups is 1. The first-order valence-electron chi connectivity index (χ1n) is 6.00. The normalized spacial score (nSPS) is 17.4. The molecule has 6 nitrogen and oxygen atoms in total. The zero-order chi connectivity index (χ0) is 13.5. The van der Waals surface area contributed by atoms with E-state index in [2.05, 4.69) is 27.5 Å². The summed E-state index contributed by atoms with van der Waals surface area (Å²) in [5.74, 6) is 5.60. The van der Waals surface area contributed by atoms with Crippen molar-refractivity contribution in [3.8, 4) is 11.8 Å². The van der Waals surface area contributed by atoms with Gasteiger partial charge in [-0.15, -0.1) is 0 Å². The zero-order valence-electron chi connectivity index (χ0n) is 10.3. The largest absolute Gasteiger partial charge is 0.384 e. The molecule has 6 heteroatoms. The fraction of sp³-hybridized carbons (Fsp3) is 0.385. The summed E-state index contributed by atoms with van der Waals surface area (Å²) in [5.41, 5.74) is 0.496. The maximum atomic E-state index is 11.7. The Morgan fingerprint density at radius 2 is 2.47 bits per heavy atom. The highest BCUT2D eigenvalue weighted by Crippen LogP contribution is 2.06. The second-order valence-electron chi connectivity index (χ2n) is 4.03. The number of nitrogens with one attached hydrogen (secondary N) is 2. The summed E-state index contributed by atoms with van der Waals surface area (Å²) < 4.78 is 5.17. The van der Waals surface area contributed by atoms with Gasteiger partial charge in [0.25, 0.3) is 0 Å². The van der Waals surface area contributed by atoms with Crippen molar-refractivity contribution in [3.05, 3.63) is 23.9 Å². The fourth-order valence-corrected chi connectivity index (χ4v) is 1.69. The van der Waals surface area contributed by atoms with E-state index in [0.29, 0.717) is 24.7 Å². The molecule has 2 heterocycles. The van der Waals surface area contributed by atoms with Crippen LogP contribution in [0.25, 0.3) is 0 Å². The Hall–Kier alpha value is -2.10. The molecule has 0 radical (unpaired) electrons. The maximum Gasteiger partial charge on any atom is 0.320 e. The van der Waals surface area contributed by atoms with Gasteiger partial charge >= 0.3 is 6.03 Å². The lowest BCUT2D eigenvalue weighted by Crippen LogP contribution is -2.38. The molecule has 1 unspecified atom stereocenters. The number of amides is 2. The molecule has 1 fully saturated rings. The van der Waals surface area contributed by atoms with E-state index in [0.717, 1.165) is 6.42 Å². The van der Waals surface area contributed by atoms with Gasteiger partial charge in [-0.1, -0.05) is 12.0 Å².